The van der Waals surface area contributed by atoms with E-state index in [0.29, 0.717) is 0 Å². The molecule has 5 heteroatoms. The van der Waals surface area contributed by atoms with Crippen LogP contribution in [0, 0.1) is 0 Å². The number of likely N-dealkylation sites (N-methyl/N-ethyl adjacent to an activating group) is 1. The number of nitrogens with one attached hydrogen (secondary N) is 2. The van der Waals surface area contributed by atoms with Crippen LogP contribution >= 0.6 is 0 Å². The van der Waals surface area contributed by atoms with Gasteiger partial charge in [-0.2, -0.15) is 0 Å². The molecule has 27 heavy (non-hydrogen) atoms. The van der Waals surface area contributed by atoms with Gasteiger partial charge in [0.15, 0.2) is 0 Å². The molecule has 0 radical (unpaired) electrons. The second kappa shape index (κ2) is 8.75. The van der Waals surface area contributed by atoms with Gasteiger partial charge in [0.1, 0.15) is 0 Å². The first-order valence-electron chi connectivity index (χ1n) is 9.15. The fourth-order valence-electron chi connectivity index (χ4n) is 2.99. The molecule has 3 aromatic rings. The van der Waals surface area contributed by atoms with Crippen LogP contribution in [-0.2, 0) is 11.3 Å². The van der Waals surface area contributed by atoms with Gasteiger partial charge in [-0.1, -0.05) is 30.3 Å². The molecule has 2 aromatic carbocycles. The highest BCUT2D eigenvalue weighted by molar-refractivity contribution is 5.89. The molecule has 0 fully saturated rings. The zero-order chi connectivity index (χ0) is 19.2. The molecule has 0 saturated heterocycles. The Balaban J connectivity index is 1.88. The van der Waals surface area contributed by atoms with Gasteiger partial charge in [0, 0.05) is 43.2 Å². The summed E-state index contributed by atoms with van der Waals surface area (Å²) in [5.74, 6) is -0.0716. The van der Waals surface area contributed by atoms with Crippen molar-refractivity contribution in [3.05, 3.63) is 60.2 Å². The third kappa shape index (κ3) is 5.12. The smallest absolute Gasteiger partial charge is 0.221 e. The molecular weight excluding hydrogens is 336 g/mol. The second-order valence-electron chi connectivity index (χ2n) is 6.92. The fraction of sp³-hybridized carbons (Fsp3) is 0.273. The van der Waals surface area contributed by atoms with E-state index in [-0.39, 0.29) is 5.91 Å². The molecule has 0 atom stereocenters. The molecule has 0 unspecified atom stereocenters. The molecular formula is C22H26N4O. The first-order chi connectivity index (χ1) is 13.0. The number of pyridine rings is 1. The van der Waals surface area contributed by atoms with E-state index in [0.717, 1.165) is 42.1 Å². The summed E-state index contributed by atoms with van der Waals surface area (Å²) >= 11 is 0. The van der Waals surface area contributed by atoms with E-state index in [9.17, 15) is 4.79 Å². The molecule has 5 nitrogen and oxygen atoms in total. The van der Waals surface area contributed by atoms with Gasteiger partial charge in [-0.15, -0.1) is 0 Å². The molecule has 140 valence electrons. The van der Waals surface area contributed by atoms with E-state index in [2.05, 4.69) is 47.8 Å². The first kappa shape index (κ1) is 19.0. The Kier molecular flexibility index (Phi) is 6.16. The van der Waals surface area contributed by atoms with E-state index in [1.54, 1.807) is 0 Å². The number of hydrogen-bond acceptors (Lipinski definition) is 4. The SMILES string of the molecule is CC(=O)Nc1ccc(-c2cc(CNCCN(C)C)c3ccccc3n2)cc1. The third-order valence-electron chi connectivity index (χ3n) is 4.35. The van der Waals surface area contributed by atoms with Crippen LogP contribution in [-0.4, -0.2) is 43.0 Å². The van der Waals surface area contributed by atoms with Gasteiger partial charge in [-0.25, -0.2) is 4.98 Å². The lowest BCUT2D eigenvalue weighted by molar-refractivity contribution is -0.114. The number of para-hydroxylation sites is 1. The Bertz CT molecular complexity index is 919. The normalized spacial score (nSPS) is 11.1. The van der Waals surface area contributed by atoms with E-state index in [1.807, 2.05) is 36.4 Å². The average Bonchev–Trinajstić information content (AvgIpc) is 2.65. The Labute approximate surface area is 160 Å². The van der Waals surface area contributed by atoms with Gasteiger partial charge < -0.3 is 15.5 Å². The molecule has 2 N–H and O–H groups in total. The number of anilines is 1. The standard InChI is InChI=1S/C22H26N4O/c1-16(27)24-19-10-8-17(9-11-19)22-14-18(15-23-12-13-26(2)3)20-6-4-5-7-21(20)25-22/h4-11,14,23H,12-13,15H2,1-3H3,(H,24,27). The lowest BCUT2D eigenvalue weighted by Crippen LogP contribution is -2.26. The minimum absolute atomic E-state index is 0.0716. The summed E-state index contributed by atoms with van der Waals surface area (Å²) in [6.45, 7) is 4.24. The summed E-state index contributed by atoms with van der Waals surface area (Å²) in [5, 5.41) is 7.49. The van der Waals surface area contributed by atoms with Crippen molar-refractivity contribution >= 4 is 22.5 Å². The minimum Gasteiger partial charge on any atom is -0.326 e. The van der Waals surface area contributed by atoms with E-state index in [1.165, 1.54) is 17.9 Å². The molecule has 0 bridgehead atoms. The highest BCUT2D eigenvalue weighted by Crippen LogP contribution is 2.26. The van der Waals surface area contributed by atoms with E-state index in [4.69, 9.17) is 4.98 Å². The topological polar surface area (TPSA) is 57.3 Å². The Morgan fingerprint density at radius 1 is 1.07 bits per heavy atom. The number of fused-ring (bicyclic) bond motifs is 1. The number of hydrogen-bond donors (Lipinski definition) is 2. The van der Waals surface area contributed by atoms with Crippen molar-refractivity contribution in [3.63, 3.8) is 0 Å². The summed E-state index contributed by atoms with van der Waals surface area (Å²) in [7, 11) is 4.15. The predicted molar refractivity (Wildman–Crippen MR) is 112 cm³/mol. The number of aromatic nitrogens is 1. The van der Waals surface area contributed by atoms with Crippen molar-refractivity contribution in [3.8, 4) is 11.3 Å². The average molecular weight is 362 g/mol. The monoisotopic (exact) mass is 362 g/mol. The maximum Gasteiger partial charge on any atom is 0.221 e. The molecule has 0 aliphatic carbocycles. The lowest BCUT2D eigenvalue weighted by atomic mass is 10.0. The third-order valence-corrected chi connectivity index (χ3v) is 4.35. The van der Waals surface area contributed by atoms with Gasteiger partial charge in [-0.05, 0) is 43.9 Å². The zero-order valence-electron chi connectivity index (χ0n) is 16.1. The van der Waals surface area contributed by atoms with Crippen LogP contribution in [0.15, 0.2) is 54.6 Å². The molecule has 0 spiro atoms. The molecule has 0 aliphatic rings. The zero-order valence-corrected chi connectivity index (χ0v) is 16.1. The van der Waals surface area contributed by atoms with Crippen molar-refractivity contribution in [2.24, 2.45) is 0 Å². The number of carbonyl (C=O) groups is 1. The van der Waals surface area contributed by atoms with Crippen LogP contribution in [0.25, 0.3) is 22.2 Å². The molecule has 0 saturated carbocycles. The molecule has 3 rings (SSSR count). The maximum absolute atomic E-state index is 11.2. The van der Waals surface area contributed by atoms with Crippen LogP contribution in [0.3, 0.4) is 0 Å². The van der Waals surface area contributed by atoms with Gasteiger partial charge >= 0.3 is 0 Å². The number of carbonyl (C=O) groups excluding carboxylic acids is 1. The van der Waals surface area contributed by atoms with Gasteiger partial charge in [0.25, 0.3) is 0 Å². The minimum atomic E-state index is -0.0716. The highest BCUT2D eigenvalue weighted by atomic mass is 16.1. The highest BCUT2D eigenvalue weighted by Gasteiger charge is 2.08. The summed E-state index contributed by atoms with van der Waals surface area (Å²) < 4.78 is 0. The van der Waals surface area contributed by atoms with Crippen molar-refractivity contribution in [2.45, 2.75) is 13.5 Å². The van der Waals surface area contributed by atoms with Gasteiger partial charge in [0.2, 0.25) is 5.91 Å². The molecule has 1 aromatic heterocycles. The van der Waals surface area contributed by atoms with Crippen LogP contribution in [0.1, 0.15) is 12.5 Å². The van der Waals surface area contributed by atoms with E-state index < -0.39 is 0 Å². The van der Waals surface area contributed by atoms with Crippen LogP contribution < -0.4 is 10.6 Å². The van der Waals surface area contributed by atoms with Crippen LogP contribution in [0.5, 0.6) is 0 Å². The number of nitrogens with zero attached hydrogens (tertiary/aromatic N) is 2. The fourth-order valence-corrected chi connectivity index (χ4v) is 2.99. The molecule has 1 heterocycles. The molecule has 1 amide bonds. The predicted octanol–water partition coefficient (Wildman–Crippen LogP) is 3.51. The summed E-state index contributed by atoms with van der Waals surface area (Å²) in [4.78, 5) is 18.2. The number of rotatable bonds is 7. The van der Waals surface area contributed by atoms with Crippen molar-refractivity contribution in [1.82, 2.24) is 15.2 Å². The van der Waals surface area contributed by atoms with Gasteiger partial charge in [0.05, 0.1) is 11.2 Å². The quantitative estimate of drug-likeness (QED) is 0.632. The summed E-state index contributed by atoms with van der Waals surface area (Å²) in [5.41, 5.74) is 4.99. The van der Waals surface area contributed by atoms with Crippen LogP contribution in [0.4, 0.5) is 5.69 Å². The Morgan fingerprint density at radius 2 is 1.81 bits per heavy atom. The number of amides is 1. The van der Waals surface area contributed by atoms with Crippen molar-refractivity contribution in [1.29, 1.82) is 0 Å². The summed E-state index contributed by atoms with van der Waals surface area (Å²) in [6, 6.07) is 18.2. The Hall–Kier alpha value is -2.76. The first-order valence-corrected chi connectivity index (χ1v) is 9.15. The van der Waals surface area contributed by atoms with Crippen molar-refractivity contribution in [2.75, 3.05) is 32.5 Å². The second-order valence-corrected chi connectivity index (χ2v) is 6.92. The van der Waals surface area contributed by atoms with Gasteiger partial charge in [-0.3, -0.25) is 4.79 Å². The Morgan fingerprint density at radius 3 is 2.52 bits per heavy atom. The van der Waals surface area contributed by atoms with Crippen LogP contribution in [0.2, 0.25) is 0 Å². The largest absolute Gasteiger partial charge is 0.326 e. The number of benzene rings is 2. The van der Waals surface area contributed by atoms with Crippen molar-refractivity contribution < 1.29 is 4.79 Å². The van der Waals surface area contributed by atoms with E-state index >= 15 is 0 Å². The molecule has 0 aliphatic heterocycles. The lowest BCUT2D eigenvalue weighted by Gasteiger charge is -2.13. The maximum atomic E-state index is 11.2. The summed E-state index contributed by atoms with van der Waals surface area (Å²) in [6.07, 6.45) is 0.